The van der Waals surface area contributed by atoms with E-state index < -0.39 is 16.1 Å². The van der Waals surface area contributed by atoms with Gasteiger partial charge in [-0.2, -0.15) is 0 Å². The highest BCUT2D eigenvalue weighted by Gasteiger charge is 2.27. The van der Waals surface area contributed by atoms with Crippen LogP contribution in [-0.2, 0) is 28.4 Å². The predicted molar refractivity (Wildman–Crippen MR) is 107 cm³/mol. The minimum Gasteiger partial charge on any atom is -0.485 e. The van der Waals surface area contributed by atoms with Crippen LogP contribution in [0.1, 0.15) is 5.82 Å². The molecule has 152 valence electrons. The molecule has 0 saturated heterocycles. The molecule has 0 spiro atoms. The molecule has 1 aromatic heterocycles. The second kappa shape index (κ2) is 7.28. The number of ether oxygens (including phenoxy) is 2. The van der Waals surface area contributed by atoms with Crippen molar-refractivity contribution in [3.05, 3.63) is 48.3 Å². The van der Waals surface area contributed by atoms with Crippen molar-refractivity contribution >= 4 is 32.7 Å². The number of aromatic nitrogens is 2. The molecule has 1 aliphatic rings. The fraction of sp³-hybridized carbons (Fsp3) is 0.263. The van der Waals surface area contributed by atoms with Crippen LogP contribution in [0.5, 0.6) is 11.5 Å². The molecule has 2 heterocycles. The van der Waals surface area contributed by atoms with Crippen LogP contribution in [0.2, 0.25) is 0 Å². The van der Waals surface area contributed by atoms with E-state index >= 15 is 0 Å². The fourth-order valence-electron chi connectivity index (χ4n) is 3.11. The van der Waals surface area contributed by atoms with E-state index in [0.29, 0.717) is 28.5 Å². The Labute approximate surface area is 167 Å². The summed E-state index contributed by atoms with van der Waals surface area (Å²) >= 11 is 0. The standard InChI is InChI=1S/C19H20N4O5S/c1-23-14-8-7-12(22-29(2,25)26)9-13(14)21-18(23)10-20-19(24)17-11-27-15-5-3-4-6-16(15)28-17/h3-9,17,22H,10-11H2,1-2H3,(H,20,24)/t17-/m0/s1. The lowest BCUT2D eigenvalue weighted by molar-refractivity contribution is -0.130. The van der Waals surface area contributed by atoms with E-state index in [1.807, 2.05) is 23.7 Å². The predicted octanol–water partition coefficient (Wildman–Crippen LogP) is 1.40. The number of carbonyl (C=O) groups excluding carboxylic acids is 1. The molecule has 1 amide bonds. The second-order valence-electron chi connectivity index (χ2n) is 6.75. The Bertz CT molecular complexity index is 1190. The van der Waals surface area contributed by atoms with Crippen LogP contribution in [-0.4, -0.2) is 42.8 Å². The maximum Gasteiger partial charge on any atom is 0.265 e. The zero-order valence-corrected chi connectivity index (χ0v) is 16.7. The molecule has 4 rings (SSSR count). The monoisotopic (exact) mass is 416 g/mol. The van der Waals surface area contributed by atoms with E-state index in [9.17, 15) is 13.2 Å². The number of benzene rings is 2. The van der Waals surface area contributed by atoms with Crippen LogP contribution in [0.3, 0.4) is 0 Å². The highest BCUT2D eigenvalue weighted by molar-refractivity contribution is 7.92. The topological polar surface area (TPSA) is 112 Å². The van der Waals surface area contributed by atoms with Crippen LogP contribution < -0.4 is 19.5 Å². The van der Waals surface area contributed by atoms with Crippen molar-refractivity contribution in [2.75, 3.05) is 17.6 Å². The van der Waals surface area contributed by atoms with E-state index in [1.54, 1.807) is 30.3 Å². The summed E-state index contributed by atoms with van der Waals surface area (Å²) < 4.78 is 38.4. The van der Waals surface area contributed by atoms with Gasteiger partial charge >= 0.3 is 0 Å². The number of sulfonamides is 1. The third-order valence-corrected chi connectivity index (χ3v) is 5.10. The van der Waals surface area contributed by atoms with Gasteiger partial charge < -0.3 is 19.4 Å². The summed E-state index contributed by atoms with van der Waals surface area (Å²) in [7, 11) is -1.54. The largest absolute Gasteiger partial charge is 0.485 e. The molecular formula is C19H20N4O5S. The Morgan fingerprint density at radius 2 is 2.00 bits per heavy atom. The molecule has 1 atom stereocenters. The molecule has 3 aromatic rings. The number of nitrogens with one attached hydrogen (secondary N) is 2. The molecule has 29 heavy (non-hydrogen) atoms. The van der Waals surface area contributed by atoms with E-state index in [0.717, 1.165) is 11.8 Å². The average Bonchev–Trinajstić information content (AvgIpc) is 2.99. The molecule has 2 N–H and O–H groups in total. The second-order valence-corrected chi connectivity index (χ2v) is 8.50. The van der Waals surface area contributed by atoms with Gasteiger partial charge in [-0.05, 0) is 30.3 Å². The minimum absolute atomic E-state index is 0.131. The average molecular weight is 416 g/mol. The number of anilines is 1. The highest BCUT2D eigenvalue weighted by atomic mass is 32.2. The summed E-state index contributed by atoms with van der Waals surface area (Å²) in [5, 5.41) is 2.82. The van der Waals surface area contributed by atoms with Gasteiger partial charge in [0, 0.05) is 7.05 Å². The summed E-state index contributed by atoms with van der Waals surface area (Å²) in [4.78, 5) is 17.0. The quantitative estimate of drug-likeness (QED) is 0.650. The van der Waals surface area contributed by atoms with Crippen LogP contribution in [0, 0.1) is 0 Å². The van der Waals surface area contributed by atoms with Gasteiger partial charge in [-0.15, -0.1) is 0 Å². The molecule has 0 aliphatic carbocycles. The van der Waals surface area contributed by atoms with E-state index in [-0.39, 0.29) is 19.1 Å². The lowest BCUT2D eigenvalue weighted by Crippen LogP contribution is -2.43. The van der Waals surface area contributed by atoms with Crippen LogP contribution in [0.25, 0.3) is 11.0 Å². The number of fused-ring (bicyclic) bond motifs is 2. The smallest absolute Gasteiger partial charge is 0.265 e. The van der Waals surface area contributed by atoms with Gasteiger partial charge in [0.1, 0.15) is 12.4 Å². The van der Waals surface area contributed by atoms with Gasteiger partial charge in [0.2, 0.25) is 16.1 Å². The normalized spacial score (nSPS) is 15.9. The zero-order chi connectivity index (χ0) is 20.6. The Morgan fingerprint density at radius 1 is 1.24 bits per heavy atom. The minimum atomic E-state index is -3.37. The number of carbonyl (C=O) groups is 1. The van der Waals surface area contributed by atoms with Gasteiger partial charge in [-0.1, -0.05) is 12.1 Å². The van der Waals surface area contributed by atoms with Crippen molar-refractivity contribution in [2.24, 2.45) is 7.05 Å². The van der Waals surface area contributed by atoms with Gasteiger partial charge in [0.25, 0.3) is 5.91 Å². The van der Waals surface area contributed by atoms with Gasteiger partial charge in [-0.25, -0.2) is 13.4 Å². The van der Waals surface area contributed by atoms with Crippen molar-refractivity contribution in [1.82, 2.24) is 14.9 Å². The number of para-hydroxylation sites is 2. The molecule has 0 unspecified atom stereocenters. The van der Waals surface area contributed by atoms with Crippen LogP contribution in [0.4, 0.5) is 5.69 Å². The maximum absolute atomic E-state index is 12.5. The van der Waals surface area contributed by atoms with Gasteiger partial charge in [0.05, 0.1) is 29.5 Å². The Balaban J connectivity index is 1.45. The summed E-state index contributed by atoms with van der Waals surface area (Å²) in [5.41, 5.74) is 1.87. The zero-order valence-electron chi connectivity index (χ0n) is 15.9. The number of rotatable bonds is 5. The van der Waals surface area contributed by atoms with E-state index in [2.05, 4.69) is 15.0 Å². The highest BCUT2D eigenvalue weighted by Crippen LogP contribution is 2.30. The van der Waals surface area contributed by atoms with Crippen molar-refractivity contribution in [1.29, 1.82) is 0 Å². The molecule has 0 saturated carbocycles. The molecule has 10 heteroatoms. The summed E-state index contributed by atoms with van der Waals surface area (Å²) in [6.07, 6.45) is 0.344. The molecule has 0 fully saturated rings. The first-order chi connectivity index (χ1) is 13.8. The van der Waals surface area contributed by atoms with Crippen molar-refractivity contribution in [3.63, 3.8) is 0 Å². The summed E-state index contributed by atoms with van der Waals surface area (Å²) in [6.45, 7) is 0.326. The van der Waals surface area contributed by atoms with Crippen molar-refractivity contribution in [3.8, 4) is 11.5 Å². The van der Waals surface area contributed by atoms with Gasteiger partial charge in [-0.3, -0.25) is 9.52 Å². The van der Waals surface area contributed by atoms with Crippen molar-refractivity contribution in [2.45, 2.75) is 12.6 Å². The number of aryl methyl sites for hydroxylation is 1. The molecule has 1 aliphatic heterocycles. The lowest BCUT2D eigenvalue weighted by Gasteiger charge is -2.25. The van der Waals surface area contributed by atoms with Crippen LogP contribution >= 0.6 is 0 Å². The lowest BCUT2D eigenvalue weighted by atomic mass is 10.2. The Kier molecular flexibility index (Phi) is 4.79. The Hall–Kier alpha value is -3.27. The third-order valence-electron chi connectivity index (χ3n) is 4.50. The fourth-order valence-corrected chi connectivity index (χ4v) is 3.67. The first kappa shape index (κ1) is 19.1. The number of nitrogens with zero attached hydrogens (tertiary/aromatic N) is 2. The SMILES string of the molecule is Cn1c(CNC(=O)[C@@H]2COc3ccccc3O2)nc2cc(NS(C)(=O)=O)ccc21. The van der Waals surface area contributed by atoms with E-state index in [1.165, 1.54) is 0 Å². The summed E-state index contributed by atoms with van der Waals surface area (Å²) in [6, 6.07) is 12.3. The van der Waals surface area contributed by atoms with Crippen LogP contribution in [0.15, 0.2) is 42.5 Å². The number of amides is 1. The first-order valence-corrected chi connectivity index (χ1v) is 10.8. The molecule has 0 radical (unpaired) electrons. The van der Waals surface area contributed by atoms with E-state index in [4.69, 9.17) is 9.47 Å². The molecule has 9 nitrogen and oxygen atoms in total. The number of hydrogen-bond donors (Lipinski definition) is 2. The maximum atomic E-state index is 12.5. The number of imidazole rings is 1. The number of hydrogen-bond acceptors (Lipinski definition) is 6. The first-order valence-electron chi connectivity index (χ1n) is 8.89. The van der Waals surface area contributed by atoms with Crippen molar-refractivity contribution < 1.29 is 22.7 Å². The molecule has 2 aromatic carbocycles. The molecular weight excluding hydrogens is 396 g/mol. The Morgan fingerprint density at radius 3 is 2.76 bits per heavy atom. The van der Waals surface area contributed by atoms with Gasteiger partial charge in [0.15, 0.2) is 11.5 Å². The summed E-state index contributed by atoms with van der Waals surface area (Å²) in [5.74, 6) is 1.48. The molecule has 0 bridgehead atoms. The third kappa shape index (κ3) is 4.11.